The number of hydrogen-bond acceptors (Lipinski definition) is 4. The third-order valence-electron chi connectivity index (χ3n) is 3.95. The Morgan fingerprint density at radius 1 is 1.16 bits per heavy atom. The van der Waals surface area contributed by atoms with Crippen molar-refractivity contribution in [2.75, 3.05) is 7.11 Å². The van der Waals surface area contributed by atoms with Crippen LogP contribution >= 0.6 is 0 Å². The molecule has 0 spiro atoms. The first-order chi connectivity index (χ1) is 12.2. The maximum atomic E-state index is 12.2. The number of aromatic nitrogens is 1. The Balaban J connectivity index is 1.61. The molecule has 3 aromatic rings. The van der Waals surface area contributed by atoms with Gasteiger partial charge in [-0.1, -0.05) is 35.5 Å². The predicted molar refractivity (Wildman–Crippen MR) is 95.2 cm³/mol. The number of carbonyl (C=O) groups is 1. The van der Waals surface area contributed by atoms with Crippen molar-refractivity contribution in [2.24, 2.45) is 0 Å². The highest BCUT2D eigenvalue weighted by molar-refractivity contribution is 5.78. The fraction of sp³-hybridized carbons (Fsp3) is 0.200. The molecule has 1 N–H and O–H groups in total. The third kappa shape index (κ3) is 4.26. The zero-order valence-corrected chi connectivity index (χ0v) is 14.2. The van der Waals surface area contributed by atoms with E-state index in [1.807, 2.05) is 61.5 Å². The van der Waals surface area contributed by atoms with Crippen LogP contribution in [0, 0.1) is 0 Å². The van der Waals surface area contributed by atoms with Gasteiger partial charge in [-0.3, -0.25) is 4.79 Å². The number of ether oxygens (including phenoxy) is 1. The Labute approximate surface area is 146 Å². The Hall–Kier alpha value is -3.08. The van der Waals surface area contributed by atoms with Crippen molar-refractivity contribution in [1.82, 2.24) is 10.5 Å². The number of methoxy groups -OCH3 is 1. The van der Waals surface area contributed by atoms with Crippen molar-refractivity contribution < 1.29 is 14.1 Å². The summed E-state index contributed by atoms with van der Waals surface area (Å²) >= 11 is 0. The molecule has 5 heteroatoms. The zero-order valence-electron chi connectivity index (χ0n) is 14.2. The van der Waals surface area contributed by atoms with E-state index in [1.54, 1.807) is 13.2 Å². The van der Waals surface area contributed by atoms with Gasteiger partial charge < -0.3 is 14.6 Å². The first-order valence-corrected chi connectivity index (χ1v) is 8.10. The molecule has 1 aromatic heterocycles. The van der Waals surface area contributed by atoms with E-state index in [9.17, 15) is 4.79 Å². The normalized spacial score (nSPS) is 11.8. The van der Waals surface area contributed by atoms with E-state index >= 15 is 0 Å². The highest BCUT2D eigenvalue weighted by Crippen LogP contribution is 2.23. The van der Waals surface area contributed by atoms with Crippen molar-refractivity contribution in [3.8, 4) is 17.1 Å². The summed E-state index contributed by atoms with van der Waals surface area (Å²) in [6.45, 7) is 1.96. The lowest BCUT2D eigenvalue weighted by Crippen LogP contribution is -2.28. The van der Waals surface area contributed by atoms with Gasteiger partial charge in [-0.25, -0.2) is 0 Å². The molecule has 1 heterocycles. The monoisotopic (exact) mass is 336 g/mol. The molecule has 1 unspecified atom stereocenters. The quantitative estimate of drug-likeness (QED) is 0.744. The molecular weight excluding hydrogens is 316 g/mol. The van der Waals surface area contributed by atoms with E-state index in [2.05, 4.69) is 10.5 Å². The smallest absolute Gasteiger partial charge is 0.226 e. The van der Waals surface area contributed by atoms with Crippen LogP contribution < -0.4 is 10.1 Å². The van der Waals surface area contributed by atoms with Crippen molar-refractivity contribution in [3.63, 3.8) is 0 Å². The minimum atomic E-state index is -0.0917. The molecule has 0 radical (unpaired) electrons. The van der Waals surface area contributed by atoms with Crippen LogP contribution in [-0.4, -0.2) is 18.2 Å². The van der Waals surface area contributed by atoms with Gasteiger partial charge in [0.15, 0.2) is 5.76 Å². The Kier molecular flexibility index (Phi) is 5.14. The lowest BCUT2D eigenvalue weighted by atomic mass is 10.1. The number of amides is 1. The second kappa shape index (κ2) is 7.66. The van der Waals surface area contributed by atoms with Crippen LogP contribution in [0.5, 0.6) is 5.75 Å². The van der Waals surface area contributed by atoms with Crippen molar-refractivity contribution in [1.29, 1.82) is 0 Å². The van der Waals surface area contributed by atoms with Crippen LogP contribution in [0.4, 0.5) is 0 Å². The number of nitrogens with zero attached hydrogens (tertiary/aromatic N) is 1. The van der Waals surface area contributed by atoms with Gasteiger partial charge in [0, 0.05) is 11.6 Å². The molecule has 0 aliphatic carbocycles. The second-order valence-corrected chi connectivity index (χ2v) is 5.79. The molecule has 0 saturated carbocycles. The van der Waals surface area contributed by atoms with E-state index in [0.29, 0.717) is 11.5 Å². The summed E-state index contributed by atoms with van der Waals surface area (Å²) in [6, 6.07) is 19.1. The molecule has 0 aliphatic rings. The van der Waals surface area contributed by atoms with Gasteiger partial charge in [0.05, 0.1) is 25.3 Å². The van der Waals surface area contributed by atoms with Gasteiger partial charge in [0.25, 0.3) is 0 Å². The van der Waals surface area contributed by atoms with E-state index in [4.69, 9.17) is 9.26 Å². The molecule has 1 amide bonds. The molecule has 1 atom stereocenters. The molecule has 5 nitrogen and oxygen atoms in total. The SMILES string of the molecule is COc1ccc(-c2cc(CC(=O)NC(C)c3ccccc3)no2)cc1. The first kappa shape index (κ1) is 16.8. The van der Waals surface area contributed by atoms with E-state index in [0.717, 1.165) is 16.9 Å². The van der Waals surface area contributed by atoms with Crippen LogP contribution in [0.1, 0.15) is 24.2 Å². The lowest BCUT2D eigenvalue weighted by molar-refractivity contribution is -0.121. The summed E-state index contributed by atoms with van der Waals surface area (Å²) in [4.78, 5) is 12.2. The summed E-state index contributed by atoms with van der Waals surface area (Å²) in [7, 11) is 1.62. The molecule has 128 valence electrons. The summed E-state index contributed by atoms with van der Waals surface area (Å²) in [5, 5.41) is 6.96. The average molecular weight is 336 g/mol. The molecule has 3 rings (SSSR count). The fourth-order valence-corrected chi connectivity index (χ4v) is 2.57. The minimum Gasteiger partial charge on any atom is -0.497 e. The number of nitrogens with one attached hydrogen (secondary N) is 1. The zero-order chi connectivity index (χ0) is 17.6. The van der Waals surface area contributed by atoms with E-state index < -0.39 is 0 Å². The summed E-state index contributed by atoms with van der Waals surface area (Å²) in [5.74, 6) is 1.31. The second-order valence-electron chi connectivity index (χ2n) is 5.79. The van der Waals surface area contributed by atoms with E-state index in [1.165, 1.54) is 0 Å². The van der Waals surface area contributed by atoms with Crippen molar-refractivity contribution in [2.45, 2.75) is 19.4 Å². The van der Waals surface area contributed by atoms with Crippen LogP contribution in [-0.2, 0) is 11.2 Å². The highest BCUT2D eigenvalue weighted by atomic mass is 16.5. The van der Waals surface area contributed by atoms with E-state index in [-0.39, 0.29) is 18.4 Å². The lowest BCUT2D eigenvalue weighted by Gasteiger charge is -2.13. The molecule has 0 saturated heterocycles. The maximum absolute atomic E-state index is 12.2. The van der Waals surface area contributed by atoms with Crippen molar-refractivity contribution in [3.05, 3.63) is 71.9 Å². The largest absolute Gasteiger partial charge is 0.497 e. The minimum absolute atomic E-state index is 0.0540. The Morgan fingerprint density at radius 2 is 1.88 bits per heavy atom. The molecule has 2 aromatic carbocycles. The first-order valence-electron chi connectivity index (χ1n) is 8.10. The molecule has 25 heavy (non-hydrogen) atoms. The van der Waals surface area contributed by atoms with Crippen molar-refractivity contribution >= 4 is 5.91 Å². The summed E-state index contributed by atoms with van der Waals surface area (Å²) < 4.78 is 10.5. The number of benzene rings is 2. The third-order valence-corrected chi connectivity index (χ3v) is 3.95. The summed E-state index contributed by atoms with van der Waals surface area (Å²) in [6.07, 6.45) is 0.177. The van der Waals surface area contributed by atoms with Gasteiger partial charge in [0.2, 0.25) is 5.91 Å². The number of rotatable bonds is 6. The molecule has 0 aliphatic heterocycles. The molecule has 0 fully saturated rings. The van der Waals surface area contributed by atoms with Crippen LogP contribution in [0.15, 0.2) is 65.2 Å². The van der Waals surface area contributed by atoms with Gasteiger partial charge in [-0.15, -0.1) is 0 Å². The van der Waals surface area contributed by atoms with Gasteiger partial charge in [-0.05, 0) is 36.8 Å². The fourth-order valence-electron chi connectivity index (χ4n) is 2.57. The van der Waals surface area contributed by atoms with Crippen LogP contribution in [0.25, 0.3) is 11.3 Å². The number of carbonyl (C=O) groups excluding carboxylic acids is 1. The number of hydrogen-bond donors (Lipinski definition) is 1. The predicted octanol–water partition coefficient (Wildman–Crippen LogP) is 3.77. The Bertz CT molecular complexity index is 826. The average Bonchev–Trinajstić information content (AvgIpc) is 3.10. The molecule has 0 bridgehead atoms. The van der Waals surface area contributed by atoms with Gasteiger partial charge in [0.1, 0.15) is 5.75 Å². The van der Waals surface area contributed by atoms with Gasteiger partial charge in [-0.2, -0.15) is 0 Å². The topological polar surface area (TPSA) is 64.4 Å². The standard InChI is InChI=1S/C20H20N2O3/c1-14(15-6-4-3-5-7-15)21-20(23)13-17-12-19(25-22-17)16-8-10-18(24-2)11-9-16/h3-12,14H,13H2,1-2H3,(H,21,23). The Morgan fingerprint density at radius 3 is 2.56 bits per heavy atom. The van der Waals surface area contributed by atoms with Crippen LogP contribution in [0.3, 0.4) is 0 Å². The maximum Gasteiger partial charge on any atom is 0.226 e. The van der Waals surface area contributed by atoms with Crippen LogP contribution in [0.2, 0.25) is 0 Å². The summed E-state index contributed by atoms with van der Waals surface area (Å²) in [5.41, 5.74) is 2.55. The van der Waals surface area contributed by atoms with Gasteiger partial charge >= 0.3 is 0 Å². The highest BCUT2D eigenvalue weighted by Gasteiger charge is 2.13. The molecular formula is C20H20N2O3.